The van der Waals surface area contributed by atoms with Gasteiger partial charge < -0.3 is 5.11 Å². The Kier molecular flexibility index (Phi) is 4.87. The maximum absolute atomic E-state index is 12.1. The van der Waals surface area contributed by atoms with Gasteiger partial charge in [0.1, 0.15) is 4.21 Å². The van der Waals surface area contributed by atoms with E-state index in [9.17, 15) is 8.42 Å². The van der Waals surface area contributed by atoms with E-state index in [0.717, 1.165) is 16.1 Å². The van der Waals surface area contributed by atoms with Crippen LogP contribution in [0.15, 0.2) is 34.7 Å². The molecule has 2 aromatic rings. The SMILES string of the molecule is Cc1ccc(CNS(=O)(=O)c2ccc(CCO)s2)cn1. The van der Waals surface area contributed by atoms with Crippen LogP contribution >= 0.6 is 11.3 Å². The maximum atomic E-state index is 12.1. The van der Waals surface area contributed by atoms with Crippen LogP contribution in [0.3, 0.4) is 0 Å². The van der Waals surface area contributed by atoms with Crippen molar-refractivity contribution in [3.05, 3.63) is 46.6 Å². The van der Waals surface area contributed by atoms with E-state index in [1.807, 2.05) is 19.1 Å². The van der Waals surface area contributed by atoms with Crippen molar-refractivity contribution in [3.63, 3.8) is 0 Å². The van der Waals surface area contributed by atoms with Gasteiger partial charge in [-0.05, 0) is 30.7 Å². The average Bonchev–Trinajstić information content (AvgIpc) is 2.88. The molecule has 0 spiro atoms. The molecule has 0 aromatic carbocycles. The molecule has 2 aromatic heterocycles. The number of hydrogen-bond acceptors (Lipinski definition) is 5. The van der Waals surface area contributed by atoms with E-state index in [4.69, 9.17) is 5.11 Å². The third-order valence-corrected chi connectivity index (χ3v) is 5.74. The number of nitrogens with zero attached hydrogens (tertiary/aromatic N) is 1. The molecule has 20 heavy (non-hydrogen) atoms. The second-order valence-electron chi connectivity index (χ2n) is 4.33. The molecule has 0 bridgehead atoms. The van der Waals surface area contributed by atoms with E-state index in [2.05, 4.69) is 9.71 Å². The highest BCUT2D eigenvalue weighted by Gasteiger charge is 2.16. The molecule has 108 valence electrons. The largest absolute Gasteiger partial charge is 0.396 e. The summed E-state index contributed by atoms with van der Waals surface area (Å²) in [4.78, 5) is 4.97. The van der Waals surface area contributed by atoms with Crippen molar-refractivity contribution in [3.8, 4) is 0 Å². The monoisotopic (exact) mass is 312 g/mol. The number of rotatable bonds is 6. The highest BCUT2D eigenvalue weighted by atomic mass is 32.2. The minimum Gasteiger partial charge on any atom is -0.396 e. The number of pyridine rings is 1. The van der Waals surface area contributed by atoms with Crippen LogP contribution in [0.1, 0.15) is 16.1 Å². The number of sulfonamides is 1. The smallest absolute Gasteiger partial charge is 0.250 e. The fourth-order valence-electron chi connectivity index (χ4n) is 1.60. The summed E-state index contributed by atoms with van der Waals surface area (Å²) < 4.78 is 27.0. The van der Waals surface area contributed by atoms with Gasteiger partial charge in [0.15, 0.2) is 0 Å². The van der Waals surface area contributed by atoms with Crippen molar-refractivity contribution in [1.82, 2.24) is 9.71 Å². The van der Waals surface area contributed by atoms with Crippen molar-refractivity contribution in [2.24, 2.45) is 0 Å². The zero-order valence-electron chi connectivity index (χ0n) is 11.0. The molecule has 0 radical (unpaired) electrons. The Balaban J connectivity index is 2.04. The average molecular weight is 312 g/mol. The quantitative estimate of drug-likeness (QED) is 0.846. The lowest BCUT2D eigenvalue weighted by molar-refractivity contribution is 0.300. The molecule has 0 aliphatic carbocycles. The van der Waals surface area contributed by atoms with Crippen molar-refractivity contribution < 1.29 is 13.5 Å². The van der Waals surface area contributed by atoms with Crippen LogP contribution in [0.25, 0.3) is 0 Å². The molecule has 0 atom stereocenters. The van der Waals surface area contributed by atoms with E-state index >= 15 is 0 Å². The number of aliphatic hydroxyl groups is 1. The molecule has 2 rings (SSSR count). The van der Waals surface area contributed by atoms with Gasteiger partial charge in [-0.1, -0.05) is 6.07 Å². The van der Waals surface area contributed by atoms with Crippen molar-refractivity contribution >= 4 is 21.4 Å². The fraction of sp³-hybridized carbons (Fsp3) is 0.308. The van der Waals surface area contributed by atoms with Crippen LogP contribution in [0, 0.1) is 6.92 Å². The van der Waals surface area contributed by atoms with Gasteiger partial charge in [0, 0.05) is 36.3 Å². The lowest BCUT2D eigenvalue weighted by Crippen LogP contribution is -2.22. The molecule has 0 aliphatic rings. The first kappa shape index (κ1) is 15.1. The molecular formula is C13H16N2O3S2. The summed E-state index contributed by atoms with van der Waals surface area (Å²) in [7, 11) is -3.51. The van der Waals surface area contributed by atoms with Gasteiger partial charge in [0.05, 0.1) is 0 Å². The van der Waals surface area contributed by atoms with Crippen molar-refractivity contribution in [2.75, 3.05) is 6.61 Å². The van der Waals surface area contributed by atoms with E-state index in [0.29, 0.717) is 6.42 Å². The molecule has 5 nitrogen and oxygen atoms in total. The maximum Gasteiger partial charge on any atom is 0.250 e. The predicted molar refractivity (Wildman–Crippen MR) is 78.1 cm³/mol. The van der Waals surface area contributed by atoms with Crippen LogP contribution in [0.2, 0.25) is 0 Å². The molecule has 0 amide bonds. The third-order valence-electron chi connectivity index (χ3n) is 2.70. The number of nitrogens with one attached hydrogen (secondary N) is 1. The van der Waals surface area contributed by atoms with Gasteiger partial charge in [0.25, 0.3) is 0 Å². The molecular weight excluding hydrogens is 296 g/mol. The number of aryl methyl sites for hydroxylation is 1. The van der Waals surface area contributed by atoms with E-state index in [-0.39, 0.29) is 17.4 Å². The summed E-state index contributed by atoms with van der Waals surface area (Å²) in [5.74, 6) is 0. The molecule has 7 heteroatoms. The van der Waals surface area contributed by atoms with E-state index in [1.165, 1.54) is 11.3 Å². The Morgan fingerprint density at radius 3 is 2.75 bits per heavy atom. The second-order valence-corrected chi connectivity index (χ2v) is 7.49. The minimum atomic E-state index is -3.51. The van der Waals surface area contributed by atoms with E-state index < -0.39 is 10.0 Å². The second kappa shape index (κ2) is 6.45. The van der Waals surface area contributed by atoms with Crippen LogP contribution in [0.4, 0.5) is 0 Å². The summed E-state index contributed by atoms with van der Waals surface area (Å²) in [6.07, 6.45) is 2.13. The van der Waals surface area contributed by atoms with Gasteiger partial charge in [-0.25, -0.2) is 13.1 Å². The first-order valence-corrected chi connectivity index (χ1v) is 8.42. The van der Waals surface area contributed by atoms with Crippen LogP contribution in [-0.2, 0) is 23.0 Å². The standard InChI is InChI=1S/C13H16N2O3S2/c1-10-2-3-11(8-14-10)9-15-20(17,18)13-5-4-12(19-13)6-7-16/h2-5,8,15-16H,6-7,9H2,1H3. The van der Waals surface area contributed by atoms with Gasteiger partial charge >= 0.3 is 0 Å². The Labute approximate surface area is 122 Å². The van der Waals surface area contributed by atoms with Crippen molar-refractivity contribution in [2.45, 2.75) is 24.1 Å². The molecule has 0 fully saturated rings. The van der Waals surface area contributed by atoms with Gasteiger partial charge in [-0.2, -0.15) is 0 Å². The summed E-state index contributed by atoms with van der Waals surface area (Å²) in [5, 5.41) is 8.84. The Bertz CT molecular complexity index is 663. The van der Waals surface area contributed by atoms with Gasteiger partial charge in [0.2, 0.25) is 10.0 Å². The van der Waals surface area contributed by atoms with Crippen LogP contribution < -0.4 is 4.72 Å². The summed E-state index contributed by atoms with van der Waals surface area (Å²) in [5.41, 5.74) is 1.70. The molecule has 2 heterocycles. The Morgan fingerprint density at radius 2 is 2.10 bits per heavy atom. The lowest BCUT2D eigenvalue weighted by Gasteiger charge is -2.04. The Hall–Kier alpha value is -1.28. The highest BCUT2D eigenvalue weighted by molar-refractivity contribution is 7.91. The van der Waals surface area contributed by atoms with Crippen molar-refractivity contribution in [1.29, 1.82) is 0 Å². The zero-order chi connectivity index (χ0) is 14.6. The van der Waals surface area contributed by atoms with Gasteiger partial charge in [-0.15, -0.1) is 11.3 Å². The molecule has 2 N–H and O–H groups in total. The Morgan fingerprint density at radius 1 is 1.30 bits per heavy atom. The molecule has 0 saturated carbocycles. The molecule has 0 unspecified atom stereocenters. The number of hydrogen-bond donors (Lipinski definition) is 2. The zero-order valence-corrected chi connectivity index (χ0v) is 12.7. The third kappa shape index (κ3) is 3.86. The highest BCUT2D eigenvalue weighted by Crippen LogP contribution is 2.21. The van der Waals surface area contributed by atoms with E-state index in [1.54, 1.807) is 18.3 Å². The summed E-state index contributed by atoms with van der Waals surface area (Å²) >= 11 is 1.18. The number of aliphatic hydroxyl groups excluding tert-OH is 1. The minimum absolute atomic E-state index is 0.0163. The topological polar surface area (TPSA) is 79.3 Å². The summed E-state index contributed by atoms with van der Waals surface area (Å²) in [6.45, 7) is 2.10. The summed E-state index contributed by atoms with van der Waals surface area (Å²) in [6, 6.07) is 6.97. The fourth-order valence-corrected chi connectivity index (χ4v) is 4.01. The van der Waals surface area contributed by atoms with Gasteiger partial charge in [-0.3, -0.25) is 4.98 Å². The first-order valence-electron chi connectivity index (χ1n) is 6.12. The molecule has 0 aliphatic heterocycles. The first-order chi connectivity index (χ1) is 9.51. The predicted octanol–water partition coefficient (Wildman–Crippen LogP) is 1.46. The lowest BCUT2D eigenvalue weighted by atomic mass is 10.2. The van der Waals surface area contributed by atoms with Crippen LogP contribution in [-0.4, -0.2) is 25.1 Å². The normalized spacial score (nSPS) is 11.7. The number of thiophene rings is 1. The molecule has 0 saturated heterocycles. The number of aromatic nitrogens is 1. The van der Waals surface area contributed by atoms with Crippen LogP contribution in [0.5, 0.6) is 0 Å².